The third-order valence-electron chi connectivity index (χ3n) is 1.82. The number of oxime groups is 1. The quantitative estimate of drug-likeness (QED) is 0.458. The van der Waals surface area contributed by atoms with Crippen molar-refractivity contribution in [3.63, 3.8) is 0 Å². The van der Waals surface area contributed by atoms with Crippen LogP contribution in [0.15, 0.2) is 28.5 Å². The van der Waals surface area contributed by atoms with E-state index in [9.17, 15) is 0 Å². The lowest BCUT2D eigenvalue weighted by atomic mass is 9.98. The molecule has 0 amide bonds. The Hall–Kier alpha value is -1.56. The van der Waals surface area contributed by atoms with Crippen molar-refractivity contribution >= 4 is 5.71 Å². The Morgan fingerprint density at radius 3 is 2.46 bits per heavy atom. The Morgan fingerprint density at radius 2 is 2.08 bits per heavy atom. The van der Waals surface area contributed by atoms with Gasteiger partial charge in [0, 0.05) is 13.3 Å². The summed E-state index contributed by atoms with van der Waals surface area (Å²) in [6, 6.07) is 1.75. The summed E-state index contributed by atoms with van der Waals surface area (Å²) in [5.74, 6) is 0. The van der Waals surface area contributed by atoms with Crippen LogP contribution in [0.4, 0.5) is 0 Å². The molecule has 0 radical (unpaired) electrons. The number of nitrogens with zero attached hydrogens (tertiary/aromatic N) is 2. The molecule has 13 heavy (non-hydrogen) atoms. The molecule has 3 nitrogen and oxygen atoms in total. The van der Waals surface area contributed by atoms with Gasteiger partial charge in [0.2, 0.25) is 0 Å². The van der Waals surface area contributed by atoms with Gasteiger partial charge in [-0.15, -0.1) is 0 Å². The highest BCUT2D eigenvalue weighted by Gasteiger charge is 2.06. The maximum absolute atomic E-state index is 8.50. The highest BCUT2D eigenvalue weighted by Crippen LogP contribution is 2.15. The van der Waals surface area contributed by atoms with Crippen LogP contribution in [0.25, 0.3) is 0 Å². The molecule has 0 heterocycles. The molecule has 0 aromatic heterocycles. The number of hydrogen-bond acceptors (Lipinski definition) is 3. The van der Waals surface area contributed by atoms with Gasteiger partial charge in [-0.05, 0) is 25.0 Å². The van der Waals surface area contributed by atoms with Gasteiger partial charge < -0.3 is 5.21 Å². The molecule has 1 aliphatic carbocycles. The van der Waals surface area contributed by atoms with E-state index in [2.05, 4.69) is 5.16 Å². The summed E-state index contributed by atoms with van der Waals surface area (Å²) >= 11 is 0. The third kappa shape index (κ3) is 3.57. The van der Waals surface area contributed by atoms with Crippen molar-refractivity contribution in [2.24, 2.45) is 5.16 Å². The van der Waals surface area contributed by atoms with Gasteiger partial charge in [0.1, 0.15) is 0 Å². The molecule has 0 unspecified atom stereocenters. The summed E-state index contributed by atoms with van der Waals surface area (Å²) in [6.07, 6.45) is 4.79. The van der Waals surface area contributed by atoms with Gasteiger partial charge in [-0.1, -0.05) is 17.3 Å². The monoisotopic (exact) mass is 178 g/mol. The van der Waals surface area contributed by atoms with E-state index in [4.69, 9.17) is 10.5 Å². The highest BCUT2D eigenvalue weighted by molar-refractivity contribution is 6.02. The van der Waals surface area contributed by atoms with Gasteiger partial charge in [-0.3, -0.25) is 0 Å². The summed E-state index contributed by atoms with van der Waals surface area (Å²) in [4.78, 5) is 0. The van der Waals surface area contributed by atoms with Crippen molar-refractivity contribution in [1.29, 1.82) is 5.26 Å². The second kappa shape index (κ2) is 6.01. The Balaban J connectivity index is 0.000000424. The van der Waals surface area contributed by atoms with E-state index in [1.54, 1.807) is 6.07 Å². The van der Waals surface area contributed by atoms with Crippen LogP contribution in [-0.4, -0.2) is 10.9 Å². The standard InChI is InChI=1S/C8H11NO.C2H3N/c1-6-4-3-5-8(9-10)7(6)2;1-2-3/h3-4,10H,5H2,1-2H3;1H3. The van der Waals surface area contributed by atoms with E-state index < -0.39 is 0 Å². The minimum absolute atomic E-state index is 0.750. The van der Waals surface area contributed by atoms with E-state index in [0.717, 1.165) is 17.7 Å². The Morgan fingerprint density at radius 1 is 1.54 bits per heavy atom. The average molecular weight is 178 g/mol. The SMILES string of the molecule is CC#N.CC1=C(C)C(=NO)CC=C1. The zero-order valence-electron chi connectivity index (χ0n) is 8.20. The maximum Gasteiger partial charge on any atom is 0.0865 e. The molecule has 0 spiro atoms. The number of allylic oxidation sites excluding steroid dienone is 4. The van der Waals surface area contributed by atoms with Gasteiger partial charge in [0.05, 0.1) is 11.8 Å². The van der Waals surface area contributed by atoms with Crippen molar-refractivity contribution in [3.8, 4) is 6.07 Å². The van der Waals surface area contributed by atoms with Crippen LogP contribution < -0.4 is 0 Å². The molecule has 0 saturated heterocycles. The van der Waals surface area contributed by atoms with E-state index in [-0.39, 0.29) is 0 Å². The fraction of sp³-hybridized carbons (Fsp3) is 0.400. The van der Waals surface area contributed by atoms with Crippen LogP contribution in [0.2, 0.25) is 0 Å². The van der Waals surface area contributed by atoms with E-state index >= 15 is 0 Å². The van der Waals surface area contributed by atoms with Crippen LogP contribution >= 0.6 is 0 Å². The number of hydrogen-bond donors (Lipinski definition) is 1. The first-order valence-electron chi connectivity index (χ1n) is 4.03. The van der Waals surface area contributed by atoms with Crippen molar-refractivity contribution in [1.82, 2.24) is 0 Å². The predicted octanol–water partition coefficient (Wildman–Crippen LogP) is 2.64. The Bertz CT molecular complexity index is 293. The summed E-state index contributed by atoms with van der Waals surface area (Å²) in [6.45, 7) is 5.41. The van der Waals surface area contributed by atoms with Gasteiger partial charge >= 0.3 is 0 Å². The van der Waals surface area contributed by atoms with Crippen LogP contribution in [0.3, 0.4) is 0 Å². The summed E-state index contributed by atoms with van der Waals surface area (Å²) in [5, 5.41) is 19.0. The van der Waals surface area contributed by atoms with Crippen LogP contribution in [-0.2, 0) is 0 Å². The van der Waals surface area contributed by atoms with Gasteiger partial charge in [-0.25, -0.2) is 0 Å². The average Bonchev–Trinajstić information content (AvgIpc) is 2.11. The number of rotatable bonds is 0. The van der Waals surface area contributed by atoms with Crippen LogP contribution in [0.5, 0.6) is 0 Å². The van der Waals surface area contributed by atoms with Gasteiger partial charge in [0.15, 0.2) is 0 Å². The molecule has 0 atom stereocenters. The smallest absolute Gasteiger partial charge is 0.0865 e. The van der Waals surface area contributed by atoms with Crippen molar-refractivity contribution in [3.05, 3.63) is 23.3 Å². The fourth-order valence-corrected chi connectivity index (χ4v) is 0.969. The lowest BCUT2D eigenvalue weighted by Gasteiger charge is -2.08. The zero-order chi connectivity index (χ0) is 10.3. The summed E-state index contributed by atoms with van der Waals surface area (Å²) in [7, 11) is 0. The molecule has 0 saturated carbocycles. The summed E-state index contributed by atoms with van der Waals surface area (Å²) < 4.78 is 0. The molecule has 1 rings (SSSR count). The van der Waals surface area contributed by atoms with Crippen molar-refractivity contribution in [2.75, 3.05) is 0 Å². The zero-order valence-corrected chi connectivity index (χ0v) is 8.20. The lowest BCUT2D eigenvalue weighted by Crippen LogP contribution is -2.04. The maximum atomic E-state index is 8.50. The van der Waals surface area contributed by atoms with E-state index in [0.29, 0.717) is 0 Å². The first kappa shape index (κ1) is 11.4. The highest BCUT2D eigenvalue weighted by atomic mass is 16.4. The minimum Gasteiger partial charge on any atom is -0.411 e. The second-order valence-electron chi connectivity index (χ2n) is 2.68. The normalized spacial score (nSPS) is 17.8. The van der Waals surface area contributed by atoms with Crippen LogP contribution in [0, 0.1) is 11.3 Å². The molecule has 1 N–H and O–H groups in total. The second-order valence-corrected chi connectivity index (χ2v) is 2.68. The van der Waals surface area contributed by atoms with Gasteiger partial charge in [0.25, 0.3) is 0 Å². The summed E-state index contributed by atoms with van der Waals surface area (Å²) in [5.41, 5.74) is 3.05. The molecule has 0 fully saturated rings. The van der Waals surface area contributed by atoms with Crippen molar-refractivity contribution in [2.45, 2.75) is 27.2 Å². The topological polar surface area (TPSA) is 56.4 Å². The number of nitriles is 1. The molecular weight excluding hydrogens is 164 g/mol. The molecule has 0 aromatic carbocycles. The molecular formula is C10H14N2O. The van der Waals surface area contributed by atoms with E-state index in [1.165, 1.54) is 12.5 Å². The van der Waals surface area contributed by atoms with Crippen LogP contribution in [0.1, 0.15) is 27.2 Å². The molecule has 1 aliphatic rings. The Labute approximate surface area is 78.7 Å². The first-order valence-corrected chi connectivity index (χ1v) is 4.03. The van der Waals surface area contributed by atoms with Gasteiger partial charge in [-0.2, -0.15) is 5.26 Å². The molecule has 3 heteroatoms. The molecule has 0 aromatic rings. The molecule has 0 bridgehead atoms. The largest absolute Gasteiger partial charge is 0.411 e. The first-order chi connectivity index (χ1) is 6.17. The molecule has 0 aliphatic heterocycles. The predicted molar refractivity (Wildman–Crippen MR) is 52.6 cm³/mol. The van der Waals surface area contributed by atoms with Crippen molar-refractivity contribution < 1.29 is 5.21 Å². The fourth-order valence-electron chi connectivity index (χ4n) is 0.969. The lowest BCUT2D eigenvalue weighted by molar-refractivity contribution is 0.318. The molecule has 70 valence electrons. The Kier molecular flexibility index (Phi) is 5.29. The minimum atomic E-state index is 0.750. The van der Waals surface area contributed by atoms with E-state index in [1.807, 2.05) is 26.0 Å². The third-order valence-corrected chi connectivity index (χ3v) is 1.82.